The van der Waals surface area contributed by atoms with E-state index in [4.69, 9.17) is 10.00 Å². The Balaban J connectivity index is 2.00. The molecule has 0 saturated carbocycles. The van der Waals surface area contributed by atoms with E-state index in [-0.39, 0.29) is 12.5 Å². The molecule has 2 rings (SSSR count). The average Bonchev–Trinajstić information content (AvgIpc) is 2.90. The van der Waals surface area contributed by atoms with Crippen LogP contribution in [0.5, 0.6) is 0 Å². The van der Waals surface area contributed by atoms with Gasteiger partial charge in [-0.05, 0) is 31.0 Å². The fourth-order valence-electron chi connectivity index (χ4n) is 2.12. The fraction of sp³-hybridized carbons (Fsp3) is 0.400. The number of anilines is 1. The molecule has 1 amide bonds. The molecule has 0 radical (unpaired) electrons. The highest BCUT2D eigenvalue weighted by Gasteiger charge is 2.22. The van der Waals surface area contributed by atoms with Crippen LogP contribution in [-0.2, 0) is 9.53 Å². The predicted octanol–water partition coefficient (Wildman–Crippen LogP) is 2.27. The van der Waals surface area contributed by atoms with Crippen molar-refractivity contribution >= 4 is 17.6 Å². The SMILES string of the molecule is N#CCCCOC(=O)c1cccc(N2CCCC2=O)c1. The van der Waals surface area contributed by atoms with Crippen molar-refractivity contribution in [1.29, 1.82) is 5.26 Å². The minimum atomic E-state index is -0.420. The number of carbonyl (C=O) groups excluding carboxylic acids is 2. The number of rotatable bonds is 5. The van der Waals surface area contributed by atoms with Gasteiger partial charge >= 0.3 is 5.97 Å². The van der Waals surface area contributed by atoms with Crippen LogP contribution in [0.3, 0.4) is 0 Å². The molecular weight excluding hydrogens is 256 g/mol. The number of amides is 1. The number of unbranched alkanes of at least 4 members (excludes halogenated alkanes) is 1. The third-order valence-corrected chi connectivity index (χ3v) is 3.13. The van der Waals surface area contributed by atoms with E-state index in [1.807, 2.05) is 12.1 Å². The van der Waals surface area contributed by atoms with E-state index >= 15 is 0 Å². The zero-order valence-electron chi connectivity index (χ0n) is 11.2. The van der Waals surface area contributed by atoms with Gasteiger partial charge in [-0.3, -0.25) is 4.79 Å². The maximum atomic E-state index is 11.8. The van der Waals surface area contributed by atoms with Crippen LogP contribution in [0.15, 0.2) is 24.3 Å². The highest BCUT2D eigenvalue weighted by Crippen LogP contribution is 2.22. The topological polar surface area (TPSA) is 70.4 Å². The van der Waals surface area contributed by atoms with Crippen LogP contribution in [0.1, 0.15) is 36.0 Å². The summed E-state index contributed by atoms with van der Waals surface area (Å²) in [5, 5.41) is 8.40. The standard InChI is InChI=1S/C15H16N2O3/c16-8-1-2-10-20-15(19)12-5-3-6-13(11-12)17-9-4-7-14(17)18/h3,5-6,11H,1-2,4,7,9-10H2. The summed E-state index contributed by atoms with van der Waals surface area (Å²) in [4.78, 5) is 25.2. The first-order valence-corrected chi connectivity index (χ1v) is 6.67. The Labute approximate surface area is 117 Å². The van der Waals surface area contributed by atoms with Gasteiger partial charge in [-0.1, -0.05) is 6.07 Å². The van der Waals surface area contributed by atoms with Crippen molar-refractivity contribution < 1.29 is 14.3 Å². The zero-order chi connectivity index (χ0) is 14.4. The molecule has 1 saturated heterocycles. The molecule has 5 heteroatoms. The molecule has 0 atom stereocenters. The second-order valence-corrected chi connectivity index (χ2v) is 4.60. The molecular formula is C15H16N2O3. The molecule has 20 heavy (non-hydrogen) atoms. The second kappa shape index (κ2) is 6.71. The van der Waals surface area contributed by atoms with Crippen LogP contribution in [0.2, 0.25) is 0 Å². The van der Waals surface area contributed by atoms with Crippen molar-refractivity contribution in [2.24, 2.45) is 0 Å². The quantitative estimate of drug-likeness (QED) is 0.609. The molecule has 5 nitrogen and oxygen atoms in total. The van der Waals surface area contributed by atoms with Crippen LogP contribution >= 0.6 is 0 Å². The number of esters is 1. The summed E-state index contributed by atoms with van der Waals surface area (Å²) in [5.41, 5.74) is 1.16. The van der Waals surface area contributed by atoms with Gasteiger partial charge in [-0.2, -0.15) is 5.26 Å². The normalized spacial score (nSPS) is 14.2. The Morgan fingerprint density at radius 3 is 3.00 bits per heavy atom. The highest BCUT2D eigenvalue weighted by molar-refractivity contribution is 5.97. The van der Waals surface area contributed by atoms with E-state index in [1.54, 1.807) is 23.1 Å². The number of nitrogens with zero attached hydrogens (tertiary/aromatic N) is 2. The van der Waals surface area contributed by atoms with Gasteiger partial charge in [0.15, 0.2) is 0 Å². The zero-order valence-corrected chi connectivity index (χ0v) is 11.2. The van der Waals surface area contributed by atoms with Crippen molar-refractivity contribution in [1.82, 2.24) is 0 Å². The van der Waals surface area contributed by atoms with E-state index in [0.717, 1.165) is 12.1 Å². The predicted molar refractivity (Wildman–Crippen MR) is 73.2 cm³/mol. The second-order valence-electron chi connectivity index (χ2n) is 4.60. The number of hydrogen-bond donors (Lipinski definition) is 0. The molecule has 1 aliphatic heterocycles. The van der Waals surface area contributed by atoms with Crippen molar-refractivity contribution in [3.05, 3.63) is 29.8 Å². The number of hydrogen-bond acceptors (Lipinski definition) is 4. The van der Waals surface area contributed by atoms with Crippen molar-refractivity contribution in [3.8, 4) is 6.07 Å². The van der Waals surface area contributed by atoms with E-state index in [9.17, 15) is 9.59 Å². The van der Waals surface area contributed by atoms with Gasteiger partial charge in [0.25, 0.3) is 0 Å². The largest absolute Gasteiger partial charge is 0.462 e. The molecule has 0 N–H and O–H groups in total. The molecule has 1 fully saturated rings. The summed E-state index contributed by atoms with van der Waals surface area (Å²) in [6.07, 6.45) is 2.31. The van der Waals surface area contributed by atoms with Gasteiger partial charge in [0.2, 0.25) is 5.91 Å². The molecule has 0 bridgehead atoms. The first-order valence-electron chi connectivity index (χ1n) is 6.67. The van der Waals surface area contributed by atoms with Crippen LogP contribution in [0.4, 0.5) is 5.69 Å². The van der Waals surface area contributed by atoms with Crippen LogP contribution < -0.4 is 4.90 Å². The van der Waals surface area contributed by atoms with Gasteiger partial charge in [0.05, 0.1) is 18.2 Å². The lowest BCUT2D eigenvalue weighted by Gasteiger charge is -2.16. The summed E-state index contributed by atoms with van der Waals surface area (Å²) < 4.78 is 5.08. The van der Waals surface area contributed by atoms with E-state index in [1.165, 1.54) is 0 Å². The minimum absolute atomic E-state index is 0.0875. The Morgan fingerprint density at radius 2 is 2.30 bits per heavy atom. The van der Waals surface area contributed by atoms with Gasteiger partial charge in [0, 0.05) is 25.1 Å². The number of carbonyl (C=O) groups is 2. The van der Waals surface area contributed by atoms with E-state index in [0.29, 0.717) is 31.4 Å². The highest BCUT2D eigenvalue weighted by atomic mass is 16.5. The first kappa shape index (κ1) is 14.1. The number of ether oxygens (including phenoxy) is 1. The Hall–Kier alpha value is -2.35. The maximum absolute atomic E-state index is 11.8. The summed E-state index contributed by atoms with van der Waals surface area (Å²) in [7, 11) is 0. The minimum Gasteiger partial charge on any atom is -0.462 e. The van der Waals surface area contributed by atoms with Crippen molar-refractivity contribution in [3.63, 3.8) is 0 Å². The lowest BCUT2D eigenvalue weighted by molar-refractivity contribution is -0.117. The fourth-order valence-corrected chi connectivity index (χ4v) is 2.12. The molecule has 104 valence electrons. The Bertz CT molecular complexity index is 548. The molecule has 0 spiro atoms. The Kier molecular flexibility index (Phi) is 4.72. The average molecular weight is 272 g/mol. The van der Waals surface area contributed by atoms with Crippen molar-refractivity contribution in [2.75, 3.05) is 18.1 Å². The molecule has 1 aliphatic rings. The molecule has 1 aromatic rings. The molecule has 0 aromatic heterocycles. The molecule has 0 unspecified atom stereocenters. The molecule has 1 aromatic carbocycles. The van der Waals surface area contributed by atoms with Crippen LogP contribution in [-0.4, -0.2) is 25.0 Å². The molecule has 0 aliphatic carbocycles. The summed E-state index contributed by atoms with van der Waals surface area (Å²) in [6, 6.07) is 8.89. The van der Waals surface area contributed by atoms with E-state index < -0.39 is 5.97 Å². The van der Waals surface area contributed by atoms with Crippen LogP contribution in [0, 0.1) is 11.3 Å². The first-order chi connectivity index (χ1) is 9.72. The number of nitriles is 1. The summed E-state index contributed by atoms with van der Waals surface area (Å²) in [6.45, 7) is 0.929. The summed E-state index contributed by atoms with van der Waals surface area (Å²) >= 11 is 0. The smallest absolute Gasteiger partial charge is 0.338 e. The third-order valence-electron chi connectivity index (χ3n) is 3.13. The van der Waals surface area contributed by atoms with Gasteiger partial charge in [0.1, 0.15) is 0 Å². The Morgan fingerprint density at radius 1 is 1.45 bits per heavy atom. The van der Waals surface area contributed by atoms with Gasteiger partial charge in [-0.15, -0.1) is 0 Å². The maximum Gasteiger partial charge on any atom is 0.338 e. The monoisotopic (exact) mass is 272 g/mol. The third kappa shape index (κ3) is 3.35. The number of benzene rings is 1. The van der Waals surface area contributed by atoms with E-state index in [2.05, 4.69) is 0 Å². The van der Waals surface area contributed by atoms with Gasteiger partial charge < -0.3 is 9.64 Å². The summed E-state index contributed by atoms with van der Waals surface area (Å²) in [5.74, 6) is -0.332. The lowest BCUT2D eigenvalue weighted by Crippen LogP contribution is -2.23. The van der Waals surface area contributed by atoms with Crippen LogP contribution in [0.25, 0.3) is 0 Å². The van der Waals surface area contributed by atoms with Gasteiger partial charge in [-0.25, -0.2) is 4.79 Å². The molecule has 1 heterocycles. The van der Waals surface area contributed by atoms with Crippen molar-refractivity contribution in [2.45, 2.75) is 25.7 Å². The lowest BCUT2D eigenvalue weighted by atomic mass is 10.2.